The van der Waals surface area contributed by atoms with Crippen LogP contribution in [-0.4, -0.2) is 30.7 Å². The van der Waals surface area contributed by atoms with Crippen molar-refractivity contribution in [3.8, 4) is 5.75 Å². The molecule has 6 heteroatoms. The summed E-state index contributed by atoms with van der Waals surface area (Å²) < 4.78 is 7.39. The van der Waals surface area contributed by atoms with Gasteiger partial charge in [0, 0.05) is 32.4 Å². The smallest absolute Gasteiger partial charge is 0.250 e. The maximum Gasteiger partial charge on any atom is 0.250 e. The van der Waals surface area contributed by atoms with Gasteiger partial charge in [-0.15, -0.1) is 0 Å². The van der Waals surface area contributed by atoms with Gasteiger partial charge in [-0.2, -0.15) is 0 Å². The minimum atomic E-state index is 0.00675. The zero-order valence-corrected chi connectivity index (χ0v) is 17.3. The molecule has 2 N–H and O–H groups in total. The second-order valence-electron chi connectivity index (χ2n) is 6.85. The van der Waals surface area contributed by atoms with Gasteiger partial charge < -0.3 is 19.9 Å². The highest BCUT2D eigenvalue weighted by atomic mass is 16.5. The average molecular weight is 405 g/mol. The Bertz CT molecular complexity index is 982. The number of pyridine rings is 1. The Morgan fingerprint density at radius 3 is 2.40 bits per heavy atom. The van der Waals surface area contributed by atoms with Crippen molar-refractivity contribution in [2.24, 2.45) is 4.99 Å². The molecule has 1 aromatic heterocycles. The fourth-order valence-electron chi connectivity index (χ4n) is 2.94. The van der Waals surface area contributed by atoms with Gasteiger partial charge in [0.25, 0.3) is 5.56 Å². The molecule has 30 heavy (non-hydrogen) atoms. The number of hydrogen-bond donors (Lipinski definition) is 2. The molecule has 0 fully saturated rings. The number of aromatic nitrogens is 1. The maximum absolute atomic E-state index is 11.8. The summed E-state index contributed by atoms with van der Waals surface area (Å²) in [6.07, 6.45) is 2.68. The summed E-state index contributed by atoms with van der Waals surface area (Å²) in [5.41, 5.74) is 2.25. The Labute approximate surface area is 177 Å². The minimum Gasteiger partial charge on any atom is -0.494 e. The van der Waals surface area contributed by atoms with Crippen molar-refractivity contribution >= 4 is 5.96 Å². The average Bonchev–Trinajstić information content (AvgIpc) is 2.79. The number of nitrogens with zero attached hydrogens (tertiary/aromatic N) is 2. The second kappa shape index (κ2) is 11.5. The molecular formula is C24H28N4O2. The van der Waals surface area contributed by atoms with E-state index >= 15 is 0 Å². The van der Waals surface area contributed by atoms with Crippen molar-refractivity contribution in [3.63, 3.8) is 0 Å². The maximum atomic E-state index is 11.8. The molecule has 2 aromatic carbocycles. The largest absolute Gasteiger partial charge is 0.494 e. The van der Waals surface area contributed by atoms with Gasteiger partial charge in [0.1, 0.15) is 5.75 Å². The number of para-hydroxylation sites is 1. The Morgan fingerprint density at radius 1 is 0.933 bits per heavy atom. The van der Waals surface area contributed by atoms with E-state index < -0.39 is 0 Å². The topological polar surface area (TPSA) is 67.7 Å². The van der Waals surface area contributed by atoms with Gasteiger partial charge in [-0.3, -0.25) is 9.79 Å². The molecule has 0 aliphatic carbocycles. The number of ether oxygens (including phenoxy) is 1. The number of aliphatic imine (C=N–C) groups is 1. The fraction of sp³-hybridized carbons (Fsp3) is 0.250. The van der Waals surface area contributed by atoms with Crippen LogP contribution in [-0.2, 0) is 13.1 Å². The van der Waals surface area contributed by atoms with E-state index in [1.165, 1.54) is 0 Å². The Kier molecular flexibility index (Phi) is 8.09. The lowest BCUT2D eigenvalue weighted by Gasteiger charge is -2.13. The van der Waals surface area contributed by atoms with Crippen LogP contribution in [0.15, 0.2) is 88.8 Å². The van der Waals surface area contributed by atoms with Gasteiger partial charge in [-0.1, -0.05) is 48.5 Å². The van der Waals surface area contributed by atoms with Gasteiger partial charge in [0.2, 0.25) is 0 Å². The molecule has 0 radical (unpaired) electrons. The van der Waals surface area contributed by atoms with E-state index in [4.69, 9.17) is 4.74 Å². The van der Waals surface area contributed by atoms with E-state index in [1.54, 1.807) is 29.9 Å². The predicted molar refractivity (Wildman–Crippen MR) is 121 cm³/mol. The molecule has 0 saturated carbocycles. The van der Waals surface area contributed by atoms with Gasteiger partial charge >= 0.3 is 0 Å². The lowest BCUT2D eigenvalue weighted by Crippen LogP contribution is -2.37. The summed E-state index contributed by atoms with van der Waals surface area (Å²) in [4.78, 5) is 16.1. The molecule has 0 bridgehead atoms. The van der Waals surface area contributed by atoms with Gasteiger partial charge in [0.15, 0.2) is 5.96 Å². The minimum absolute atomic E-state index is 0.00675. The van der Waals surface area contributed by atoms with E-state index in [0.717, 1.165) is 35.8 Å². The normalized spacial score (nSPS) is 11.2. The summed E-state index contributed by atoms with van der Waals surface area (Å²) in [6.45, 7) is 2.67. The van der Waals surface area contributed by atoms with E-state index in [9.17, 15) is 4.79 Å². The van der Waals surface area contributed by atoms with Gasteiger partial charge in [-0.25, -0.2) is 0 Å². The third kappa shape index (κ3) is 6.81. The van der Waals surface area contributed by atoms with Crippen molar-refractivity contribution in [1.29, 1.82) is 0 Å². The van der Waals surface area contributed by atoms with Crippen LogP contribution in [0.3, 0.4) is 0 Å². The molecule has 3 aromatic rings. The first-order chi connectivity index (χ1) is 14.7. The molecule has 0 saturated heterocycles. The fourth-order valence-corrected chi connectivity index (χ4v) is 2.94. The molecule has 0 amide bonds. The summed E-state index contributed by atoms with van der Waals surface area (Å²) in [7, 11) is 1.76. The van der Waals surface area contributed by atoms with Crippen LogP contribution in [0.1, 0.15) is 17.5 Å². The van der Waals surface area contributed by atoms with E-state index in [2.05, 4.69) is 27.8 Å². The van der Waals surface area contributed by atoms with Gasteiger partial charge in [-0.05, 0) is 35.7 Å². The van der Waals surface area contributed by atoms with Crippen molar-refractivity contribution < 1.29 is 4.74 Å². The van der Waals surface area contributed by atoms with E-state index in [1.807, 2.05) is 48.5 Å². The SMILES string of the molecule is CN=C(NCCCOc1ccccc1)NCc1ccc(Cn2ccccc2=O)cc1. The number of rotatable bonds is 9. The highest BCUT2D eigenvalue weighted by Crippen LogP contribution is 2.08. The Morgan fingerprint density at radius 2 is 1.67 bits per heavy atom. The highest BCUT2D eigenvalue weighted by Gasteiger charge is 2.01. The zero-order chi connectivity index (χ0) is 21.0. The lowest BCUT2D eigenvalue weighted by atomic mass is 10.1. The van der Waals surface area contributed by atoms with Crippen molar-refractivity contribution in [2.75, 3.05) is 20.2 Å². The van der Waals surface area contributed by atoms with Crippen molar-refractivity contribution in [1.82, 2.24) is 15.2 Å². The lowest BCUT2D eigenvalue weighted by molar-refractivity contribution is 0.311. The number of benzene rings is 2. The van der Waals surface area contributed by atoms with Crippen molar-refractivity contribution in [3.05, 3.63) is 100 Å². The Balaban J connectivity index is 1.38. The first-order valence-corrected chi connectivity index (χ1v) is 10.1. The first-order valence-electron chi connectivity index (χ1n) is 10.1. The highest BCUT2D eigenvalue weighted by molar-refractivity contribution is 5.79. The molecule has 3 rings (SSSR count). The molecule has 0 atom stereocenters. The van der Waals surface area contributed by atoms with Crippen molar-refractivity contribution in [2.45, 2.75) is 19.5 Å². The standard InChI is InChI=1S/C24H28N4O2/c1-25-24(26-15-7-17-30-22-8-3-2-4-9-22)27-18-20-11-13-21(14-12-20)19-28-16-6-5-10-23(28)29/h2-6,8-14,16H,7,15,17-19H2,1H3,(H2,25,26,27). The van der Waals surface area contributed by atoms with Crippen LogP contribution in [0.25, 0.3) is 0 Å². The van der Waals surface area contributed by atoms with Crippen LogP contribution < -0.4 is 20.9 Å². The first kappa shape index (κ1) is 21.2. The van der Waals surface area contributed by atoms with Crippen LogP contribution in [0, 0.1) is 0 Å². The van der Waals surface area contributed by atoms with Crippen LogP contribution >= 0.6 is 0 Å². The van der Waals surface area contributed by atoms with Crippen LogP contribution in [0.4, 0.5) is 0 Å². The monoisotopic (exact) mass is 404 g/mol. The number of nitrogens with one attached hydrogen (secondary N) is 2. The molecular weight excluding hydrogens is 376 g/mol. The summed E-state index contributed by atoms with van der Waals surface area (Å²) >= 11 is 0. The molecule has 0 unspecified atom stereocenters. The third-order valence-electron chi connectivity index (χ3n) is 4.58. The molecule has 0 spiro atoms. The quantitative estimate of drug-likeness (QED) is 0.327. The molecule has 0 aliphatic rings. The molecule has 156 valence electrons. The molecule has 0 aliphatic heterocycles. The molecule has 1 heterocycles. The van der Waals surface area contributed by atoms with Crippen LogP contribution in [0.2, 0.25) is 0 Å². The third-order valence-corrected chi connectivity index (χ3v) is 4.58. The van der Waals surface area contributed by atoms with Crippen LogP contribution in [0.5, 0.6) is 5.75 Å². The zero-order valence-electron chi connectivity index (χ0n) is 17.3. The molecule has 6 nitrogen and oxygen atoms in total. The Hall–Kier alpha value is -3.54. The number of hydrogen-bond acceptors (Lipinski definition) is 3. The predicted octanol–water partition coefficient (Wildman–Crippen LogP) is 3.03. The number of guanidine groups is 1. The second-order valence-corrected chi connectivity index (χ2v) is 6.85. The summed E-state index contributed by atoms with van der Waals surface area (Å²) in [5, 5.41) is 6.61. The van der Waals surface area contributed by atoms with Gasteiger partial charge in [0.05, 0.1) is 13.2 Å². The van der Waals surface area contributed by atoms with E-state index in [0.29, 0.717) is 19.7 Å². The summed E-state index contributed by atoms with van der Waals surface area (Å²) in [6, 6.07) is 23.2. The van der Waals surface area contributed by atoms with E-state index in [-0.39, 0.29) is 5.56 Å². The summed E-state index contributed by atoms with van der Waals surface area (Å²) in [5.74, 6) is 1.65.